The quantitative estimate of drug-likeness (QED) is 0.219. The Hall–Kier alpha value is -4.34. The number of halogens is 1. The number of carbonyl (C=O) groups excluding carboxylic acids is 2. The number of likely N-dealkylation sites (N-methyl/N-ethyl adjacent to an activating group) is 1. The van der Waals surface area contributed by atoms with Crippen molar-refractivity contribution >= 4 is 39.1 Å². The number of methoxy groups -OCH3 is 1. The van der Waals surface area contributed by atoms with Crippen LogP contribution in [0.25, 0.3) is 0 Å². The van der Waals surface area contributed by atoms with Crippen LogP contribution in [0.3, 0.4) is 0 Å². The third-order valence-corrected chi connectivity index (χ3v) is 8.87. The van der Waals surface area contributed by atoms with E-state index in [1.807, 2.05) is 36.4 Å². The van der Waals surface area contributed by atoms with E-state index in [9.17, 15) is 18.0 Å². The van der Waals surface area contributed by atoms with Gasteiger partial charge in [0.15, 0.2) is 0 Å². The van der Waals surface area contributed by atoms with Crippen LogP contribution in [0.15, 0.2) is 114 Å². The minimum absolute atomic E-state index is 0.0293. The maximum Gasteiger partial charge on any atom is 0.264 e. The molecule has 0 spiro atoms. The number of hydrogen-bond acceptors (Lipinski definition) is 5. The third kappa shape index (κ3) is 8.15. The van der Waals surface area contributed by atoms with Crippen LogP contribution in [0.4, 0.5) is 5.69 Å². The van der Waals surface area contributed by atoms with Gasteiger partial charge >= 0.3 is 0 Å². The smallest absolute Gasteiger partial charge is 0.264 e. The summed E-state index contributed by atoms with van der Waals surface area (Å²) in [6.45, 7) is 1.67. The molecule has 224 valence electrons. The summed E-state index contributed by atoms with van der Waals surface area (Å²) in [6.07, 6.45) is 0.231. The largest absolute Gasteiger partial charge is 0.497 e. The molecular weight excluding hydrogens is 586 g/mol. The van der Waals surface area contributed by atoms with Gasteiger partial charge in [0.05, 0.1) is 17.7 Å². The SMILES string of the molecule is CCNC(=O)[C@@H](Cc1ccccc1)N(Cc1cccc(OC)c1)C(=O)CN(c1ccc(Cl)cc1)S(=O)(=O)c1ccccc1. The number of ether oxygens (including phenoxy) is 1. The van der Waals surface area contributed by atoms with Gasteiger partial charge in [-0.2, -0.15) is 0 Å². The zero-order valence-corrected chi connectivity index (χ0v) is 25.6. The number of nitrogens with zero attached hydrogens (tertiary/aromatic N) is 2. The van der Waals surface area contributed by atoms with E-state index in [2.05, 4.69) is 5.32 Å². The molecule has 0 heterocycles. The Morgan fingerprint density at radius 3 is 2.12 bits per heavy atom. The van der Waals surface area contributed by atoms with Gasteiger partial charge in [0, 0.05) is 24.5 Å². The summed E-state index contributed by atoms with van der Waals surface area (Å²) >= 11 is 6.10. The second-order valence-electron chi connectivity index (χ2n) is 9.77. The second kappa shape index (κ2) is 14.7. The predicted octanol–water partition coefficient (Wildman–Crippen LogP) is 5.32. The average Bonchev–Trinajstić information content (AvgIpc) is 3.03. The van der Waals surface area contributed by atoms with Crippen molar-refractivity contribution in [3.05, 3.63) is 125 Å². The maximum atomic E-state index is 14.4. The summed E-state index contributed by atoms with van der Waals surface area (Å²) in [5.74, 6) is -0.298. The second-order valence-corrected chi connectivity index (χ2v) is 12.1. The molecule has 4 aromatic rings. The zero-order chi connectivity index (χ0) is 30.8. The van der Waals surface area contributed by atoms with Gasteiger partial charge in [-0.15, -0.1) is 0 Å². The highest BCUT2D eigenvalue weighted by molar-refractivity contribution is 7.92. The Bertz CT molecular complexity index is 1620. The summed E-state index contributed by atoms with van der Waals surface area (Å²) < 4.78 is 34.3. The van der Waals surface area contributed by atoms with E-state index in [1.54, 1.807) is 74.7 Å². The molecule has 1 atom stereocenters. The molecule has 0 aliphatic heterocycles. The van der Waals surface area contributed by atoms with Gasteiger partial charge in [-0.25, -0.2) is 8.42 Å². The Balaban J connectivity index is 1.79. The van der Waals surface area contributed by atoms with Crippen molar-refractivity contribution in [3.63, 3.8) is 0 Å². The van der Waals surface area contributed by atoms with Crippen LogP contribution in [-0.2, 0) is 32.6 Å². The van der Waals surface area contributed by atoms with Crippen molar-refractivity contribution < 1.29 is 22.7 Å². The fourth-order valence-corrected chi connectivity index (χ4v) is 6.23. The molecule has 4 aromatic carbocycles. The fraction of sp³-hybridized carbons (Fsp3) is 0.212. The molecule has 0 radical (unpaired) electrons. The molecular formula is C33H34ClN3O5S. The van der Waals surface area contributed by atoms with E-state index in [-0.39, 0.29) is 29.5 Å². The van der Waals surface area contributed by atoms with Gasteiger partial charge in [0.1, 0.15) is 18.3 Å². The van der Waals surface area contributed by atoms with Crippen LogP contribution in [0.1, 0.15) is 18.1 Å². The zero-order valence-electron chi connectivity index (χ0n) is 24.0. The Kier molecular flexibility index (Phi) is 10.8. The van der Waals surface area contributed by atoms with Crippen molar-refractivity contribution in [1.29, 1.82) is 0 Å². The van der Waals surface area contributed by atoms with Crippen LogP contribution < -0.4 is 14.4 Å². The van der Waals surface area contributed by atoms with Gasteiger partial charge in [-0.1, -0.05) is 72.3 Å². The fourth-order valence-electron chi connectivity index (χ4n) is 4.67. The topological polar surface area (TPSA) is 96.0 Å². The van der Waals surface area contributed by atoms with Crippen molar-refractivity contribution in [2.24, 2.45) is 0 Å². The molecule has 4 rings (SSSR count). The minimum atomic E-state index is -4.17. The highest BCUT2D eigenvalue weighted by atomic mass is 35.5. The molecule has 0 aliphatic carbocycles. The van der Waals surface area contributed by atoms with Crippen LogP contribution >= 0.6 is 11.6 Å². The number of amides is 2. The number of anilines is 1. The summed E-state index contributed by atoms with van der Waals surface area (Å²) in [6, 6.07) is 29.8. The van der Waals surface area contributed by atoms with Gasteiger partial charge in [0.2, 0.25) is 11.8 Å². The van der Waals surface area contributed by atoms with Crippen molar-refractivity contribution in [3.8, 4) is 5.75 Å². The summed E-state index contributed by atoms with van der Waals surface area (Å²) in [5.41, 5.74) is 1.84. The molecule has 0 saturated heterocycles. The van der Waals surface area contributed by atoms with Gasteiger partial charge in [0.25, 0.3) is 10.0 Å². The molecule has 1 N–H and O–H groups in total. The molecule has 0 saturated carbocycles. The van der Waals surface area contributed by atoms with Gasteiger partial charge in [-0.3, -0.25) is 13.9 Å². The lowest BCUT2D eigenvalue weighted by Gasteiger charge is -2.34. The molecule has 8 nitrogen and oxygen atoms in total. The molecule has 0 bridgehead atoms. The number of nitrogens with one attached hydrogen (secondary N) is 1. The molecule has 2 amide bonds. The lowest BCUT2D eigenvalue weighted by Crippen LogP contribution is -2.53. The number of rotatable bonds is 13. The molecule has 0 fully saturated rings. The van der Waals surface area contributed by atoms with E-state index < -0.39 is 28.5 Å². The maximum absolute atomic E-state index is 14.4. The van der Waals surface area contributed by atoms with Crippen LogP contribution in [-0.4, -0.2) is 51.4 Å². The van der Waals surface area contributed by atoms with E-state index in [0.717, 1.165) is 15.4 Å². The van der Waals surface area contributed by atoms with Crippen molar-refractivity contribution in [2.45, 2.75) is 30.8 Å². The number of carbonyl (C=O) groups is 2. The van der Waals surface area contributed by atoms with E-state index in [1.165, 1.54) is 17.0 Å². The van der Waals surface area contributed by atoms with E-state index in [4.69, 9.17) is 16.3 Å². The average molecular weight is 620 g/mol. The number of sulfonamides is 1. The van der Waals surface area contributed by atoms with Crippen LogP contribution in [0.5, 0.6) is 5.75 Å². The Morgan fingerprint density at radius 1 is 0.860 bits per heavy atom. The summed E-state index contributed by atoms with van der Waals surface area (Å²) in [4.78, 5) is 29.4. The Morgan fingerprint density at radius 2 is 1.49 bits per heavy atom. The van der Waals surface area contributed by atoms with Gasteiger partial charge in [-0.05, 0) is 66.6 Å². The number of hydrogen-bond donors (Lipinski definition) is 1. The van der Waals surface area contributed by atoms with E-state index >= 15 is 0 Å². The minimum Gasteiger partial charge on any atom is -0.497 e. The first-order valence-corrected chi connectivity index (χ1v) is 15.6. The molecule has 0 aromatic heterocycles. The first kappa shape index (κ1) is 31.6. The lowest BCUT2D eigenvalue weighted by molar-refractivity contribution is -0.140. The molecule has 43 heavy (non-hydrogen) atoms. The first-order chi connectivity index (χ1) is 20.7. The third-order valence-electron chi connectivity index (χ3n) is 6.83. The van der Waals surface area contributed by atoms with Crippen molar-refractivity contribution in [1.82, 2.24) is 10.2 Å². The van der Waals surface area contributed by atoms with Crippen LogP contribution in [0, 0.1) is 0 Å². The van der Waals surface area contributed by atoms with E-state index in [0.29, 0.717) is 17.3 Å². The Labute approximate surface area is 257 Å². The molecule has 0 aliphatic rings. The predicted molar refractivity (Wildman–Crippen MR) is 169 cm³/mol. The van der Waals surface area contributed by atoms with Crippen molar-refractivity contribution in [2.75, 3.05) is 24.5 Å². The molecule has 0 unspecified atom stereocenters. The monoisotopic (exact) mass is 619 g/mol. The summed E-state index contributed by atoms with van der Waals surface area (Å²) in [5, 5.41) is 3.28. The summed E-state index contributed by atoms with van der Waals surface area (Å²) in [7, 11) is -2.62. The highest BCUT2D eigenvalue weighted by Gasteiger charge is 2.34. The standard InChI is InChI=1S/C33H34ClN3O5S/c1-3-35-33(39)31(22-25-11-6-4-7-12-25)36(23-26-13-10-14-29(21-26)42-2)32(38)24-37(28-19-17-27(34)18-20-28)43(40,41)30-15-8-5-9-16-30/h4-21,31H,3,22-24H2,1-2H3,(H,35,39)/t31-/m1/s1. The highest BCUT2D eigenvalue weighted by Crippen LogP contribution is 2.26. The van der Waals surface area contributed by atoms with Crippen LogP contribution in [0.2, 0.25) is 5.02 Å². The van der Waals surface area contributed by atoms with Gasteiger partial charge < -0.3 is 15.0 Å². The molecule has 10 heteroatoms. The normalized spacial score (nSPS) is 11.8. The number of benzene rings is 4. The lowest BCUT2D eigenvalue weighted by atomic mass is 10.0. The first-order valence-electron chi connectivity index (χ1n) is 13.8.